The van der Waals surface area contributed by atoms with Crippen molar-refractivity contribution in [2.24, 2.45) is 0 Å². The fourth-order valence-electron chi connectivity index (χ4n) is 3.80. The number of hydrogen-bond donors (Lipinski definition) is 1. The fraction of sp³-hybridized carbons (Fsp3) is 0.381. The topological polar surface area (TPSA) is 57.7 Å². The highest BCUT2D eigenvalue weighted by atomic mass is 19.1. The van der Waals surface area contributed by atoms with Gasteiger partial charge in [0, 0.05) is 36.3 Å². The van der Waals surface area contributed by atoms with E-state index in [0.29, 0.717) is 5.92 Å². The second-order valence-electron chi connectivity index (χ2n) is 7.08. The predicted octanol–water partition coefficient (Wildman–Crippen LogP) is 3.95. The van der Waals surface area contributed by atoms with Crippen LogP contribution in [0.3, 0.4) is 0 Å². The largest absolute Gasteiger partial charge is 0.297 e. The summed E-state index contributed by atoms with van der Waals surface area (Å²) in [6, 6.07) is 8.73. The normalized spacial score (nSPS) is 15.9. The number of likely N-dealkylation sites (tertiary alicyclic amines) is 1. The van der Waals surface area contributed by atoms with Gasteiger partial charge in [-0.05, 0) is 49.7 Å². The Morgan fingerprint density at radius 1 is 1.22 bits per heavy atom. The number of benzene rings is 1. The molecule has 2 aromatic heterocycles. The molecule has 3 aromatic rings. The molecule has 1 N–H and O–H groups in total. The lowest BCUT2D eigenvalue weighted by atomic mass is 9.89. The van der Waals surface area contributed by atoms with Crippen molar-refractivity contribution in [2.45, 2.75) is 38.6 Å². The lowest BCUT2D eigenvalue weighted by Crippen LogP contribution is -2.33. The number of rotatable bonds is 5. The average Bonchev–Trinajstić information content (AvgIpc) is 3.19. The Hall–Kier alpha value is -2.60. The standard InChI is InChI=1S/C21H24FN5/c1-2-20-23-9-6-18(25-20)14-27-10-7-15(8-11-27)21-19(13-24-26-21)16-4-3-5-17(22)12-16/h3-6,9,12-13,15H,2,7-8,10-11,14H2,1H3,(H,24,26). The molecule has 0 amide bonds. The summed E-state index contributed by atoms with van der Waals surface area (Å²) < 4.78 is 13.6. The third kappa shape index (κ3) is 4.06. The van der Waals surface area contributed by atoms with Crippen molar-refractivity contribution in [2.75, 3.05) is 13.1 Å². The zero-order valence-electron chi connectivity index (χ0n) is 15.5. The summed E-state index contributed by atoms with van der Waals surface area (Å²) in [6.45, 7) is 4.96. The minimum Gasteiger partial charge on any atom is -0.297 e. The van der Waals surface area contributed by atoms with E-state index in [1.807, 2.05) is 24.5 Å². The Kier molecular flexibility index (Phi) is 5.25. The van der Waals surface area contributed by atoms with Gasteiger partial charge in [0.1, 0.15) is 11.6 Å². The fourth-order valence-corrected chi connectivity index (χ4v) is 3.80. The Morgan fingerprint density at radius 2 is 2.07 bits per heavy atom. The van der Waals surface area contributed by atoms with E-state index >= 15 is 0 Å². The molecule has 27 heavy (non-hydrogen) atoms. The van der Waals surface area contributed by atoms with Crippen LogP contribution in [0.5, 0.6) is 0 Å². The first-order valence-electron chi connectivity index (χ1n) is 9.55. The molecule has 1 aromatic carbocycles. The molecule has 0 unspecified atom stereocenters. The molecular formula is C21H24FN5. The Morgan fingerprint density at radius 3 is 2.85 bits per heavy atom. The molecule has 0 spiro atoms. The minimum atomic E-state index is -0.217. The Balaban J connectivity index is 1.42. The van der Waals surface area contributed by atoms with Crippen LogP contribution in [0.4, 0.5) is 4.39 Å². The van der Waals surface area contributed by atoms with Crippen LogP contribution in [0.2, 0.25) is 0 Å². The number of hydrogen-bond acceptors (Lipinski definition) is 4. The van der Waals surface area contributed by atoms with E-state index in [1.54, 1.807) is 12.1 Å². The summed E-state index contributed by atoms with van der Waals surface area (Å²) in [5.41, 5.74) is 4.10. The van der Waals surface area contributed by atoms with Gasteiger partial charge in [-0.3, -0.25) is 10.00 Å². The first-order chi connectivity index (χ1) is 13.2. The maximum absolute atomic E-state index is 13.6. The molecular weight excluding hydrogens is 341 g/mol. The third-order valence-electron chi connectivity index (χ3n) is 5.27. The maximum atomic E-state index is 13.6. The van der Waals surface area contributed by atoms with Gasteiger partial charge in [-0.15, -0.1) is 0 Å². The Bertz CT molecular complexity index is 899. The van der Waals surface area contributed by atoms with E-state index in [0.717, 1.165) is 67.2 Å². The van der Waals surface area contributed by atoms with Gasteiger partial charge < -0.3 is 0 Å². The lowest BCUT2D eigenvalue weighted by molar-refractivity contribution is 0.201. The van der Waals surface area contributed by atoms with Crippen LogP contribution in [0.15, 0.2) is 42.7 Å². The summed E-state index contributed by atoms with van der Waals surface area (Å²) in [5.74, 6) is 1.10. The van der Waals surface area contributed by atoms with Crippen LogP contribution < -0.4 is 0 Å². The molecule has 0 aliphatic carbocycles. The second kappa shape index (κ2) is 7.96. The Labute approximate surface area is 158 Å². The quantitative estimate of drug-likeness (QED) is 0.744. The minimum absolute atomic E-state index is 0.217. The third-order valence-corrected chi connectivity index (χ3v) is 5.27. The number of piperidine rings is 1. The average molecular weight is 365 g/mol. The second-order valence-corrected chi connectivity index (χ2v) is 7.08. The van der Waals surface area contributed by atoms with E-state index in [-0.39, 0.29) is 5.82 Å². The van der Waals surface area contributed by atoms with Gasteiger partial charge in [0.25, 0.3) is 0 Å². The molecule has 0 radical (unpaired) electrons. The van der Waals surface area contributed by atoms with Gasteiger partial charge in [0.05, 0.1) is 11.9 Å². The number of halogens is 1. The van der Waals surface area contributed by atoms with Crippen LogP contribution in [0, 0.1) is 5.82 Å². The van der Waals surface area contributed by atoms with Crippen LogP contribution in [-0.4, -0.2) is 38.2 Å². The van der Waals surface area contributed by atoms with Crippen molar-refractivity contribution in [1.29, 1.82) is 0 Å². The molecule has 140 valence electrons. The predicted molar refractivity (Wildman–Crippen MR) is 103 cm³/mol. The molecule has 5 nitrogen and oxygen atoms in total. The molecule has 0 atom stereocenters. The van der Waals surface area contributed by atoms with Crippen molar-refractivity contribution >= 4 is 0 Å². The highest BCUT2D eigenvalue weighted by Crippen LogP contribution is 2.34. The molecule has 0 saturated carbocycles. The van der Waals surface area contributed by atoms with E-state index in [1.165, 1.54) is 6.07 Å². The van der Waals surface area contributed by atoms with Gasteiger partial charge in [-0.2, -0.15) is 5.10 Å². The lowest BCUT2D eigenvalue weighted by Gasteiger charge is -2.31. The first kappa shape index (κ1) is 17.8. The van der Waals surface area contributed by atoms with Crippen molar-refractivity contribution in [3.05, 3.63) is 65.8 Å². The number of nitrogens with zero attached hydrogens (tertiary/aromatic N) is 4. The van der Waals surface area contributed by atoms with Crippen molar-refractivity contribution < 1.29 is 4.39 Å². The van der Waals surface area contributed by atoms with Crippen LogP contribution in [0.1, 0.15) is 42.9 Å². The first-order valence-corrected chi connectivity index (χ1v) is 9.55. The molecule has 3 heterocycles. The van der Waals surface area contributed by atoms with E-state index in [2.05, 4.69) is 32.0 Å². The smallest absolute Gasteiger partial charge is 0.128 e. The SMILES string of the molecule is CCc1nccc(CN2CCC(c3[nH]ncc3-c3cccc(F)c3)CC2)n1. The van der Waals surface area contributed by atoms with Crippen LogP contribution in [0.25, 0.3) is 11.1 Å². The molecule has 4 rings (SSSR count). The monoisotopic (exact) mass is 365 g/mol. The van der Waals surface area contributed by atoms with E-state index < -0.39 is 0 Å². The van der Waals surface area contributed by atoms with Crippen molar-refractivity contribution in [1.82, 2.24) is 25.1 Å². The number of nitrogens with one attached hydrogen (secondary N) is 1. The summed E-state index contributed by atoms with van der Waals surface area (Å²) in [4.78, 5) is 11.3. The number of aromatic amines is 1. The number of H-pyrrole nitrogens is 1. The van der Waals surface area contributed by atoms with Gasteiger partial charge in [0.15, 0.2) is 0 Å². The molecule has 0 bridgehead atoms. The summed E-state index contributed by atoms with van der Waals surface area (Å²) in [7, 11) is 0. The van der Waals surface area contributed by atoms with Gasteiger partial charge >= 0.3 is 0 Å². The summed E-state index contributed by atoms with van der Waals surface area (Å²) in [6.07, 6.45) is 6.62. The molecule has 1 aliphatic rings. The maximum Gasteiger partial charge on any atom is 0.128 e. The van der Waals surface area contributed by atoms with E-state index in [9.17, 15) is 4.39 Å². The van der Waals surface area contributed by atoms with Crippen LogP contribution in [-0.2, 0) is 13.0 Å². The van der Waals surface area contributed by atoms with Gasteiger partial charge in [0.2, 0.25) is 0 Å². The number of aromatic nitrogens is 4. The molecule has 1 saturated heterocycles. The van der Waals surface area contributed by atoms with Crippen molar-refractivity contribution in [3.63, 3.8) is 0 Å². The molecule has 1 aliphatic heterocycles. The number of aryl methyl sites for hydroxylation is 1. The summed E-state index contributed by atoms with van der Waals surface area (Å²) >= 11 is 0. The highest BCUT2D eigenvalue weighted by molar-refractivity contribution is 5.65. The van der Waals surface area contributed by atoms with Crippen LogP contribution >= 0.6 is 0 Å². The highest BCUT2D eigenvalue weighted by Gasteiger charge is 2.24. The van der Waals surface area contributed by atoms with Crippen molar-refractivity contribution in [3.8, 4) is 11.1 Å². The van der Waals surface area contributed by atoms with E-state index in [4.69, 9.17) is 0 Å². The summed E-state index contributed by atoms with van der Waals surface area (Å²) in [5, 5.41) is 7.39. The van der Waals surface area contributed by atoms with Gasteiger partial charge in [-0.1, -0.05) is 19.1 Å². The van der Waals surface area contributed by atoms with Gasteiger partial charge in [-0.25, -0.2) is 14.4 Å². The molecule has 6 heteroatoms. The zero-order chi connectivity index (χ0) is 18.6. The molecule has 1 fully saturated rings. The zero-order valence-corrected chi connectivity index (χ0v) is 15.5.